The molecule has 1 fully saturated rings. The molecular formula is C60H47N3O. The van der Waals surface area contributed by atoms with Crippen molar-refractivity contribution in [3.05, 3.63) is 216 Å². The summed E-state index contributed by atoms with van der Waals surface area (Å²) in [4.78, 5) is 10.8. The van der Waals surface area contributed by atoms with E-state index >= 15 is 0 Å². The average Bonchev–Trinajstić information content (AvgIpc) is 4.13. The number of aliphatic imine (C=N–C) groups is 2. The molecule has 0 unspecified atom stereocenters. The summed E-state index contributed by atoms with van der Waals surface area (Å²) in [5, 5.41) is 4.72. The highest BCUT2D eigenvalue weighted by atomic mass is 16.3. The lowest BCUT2D eigenvalue weighted by molar-refractivity contribution is 0.550. The van der Waals surface area contributed by atoms with Gasteiger partial charge in [-0.15, -0.1) is 0 Å². The Bertz CT molecular complexity index is 3540. The zero-order valence-corrected chi connectivity index (χ0v) is 36.2. The van der Waals surface area contributed by atoms with Crippen molar-refractivity contribution in [3.63, 3.8) is 0 Å². The predicted molar refractivity (Wildman–Crippen MR) is 268 cm³/mol. The van der Waals surface area contributed by atoms with Crippen molar-refractivity contribution in [1.82, 2.24) is 4.57 Å². The highest BCUT2D eigenvalue weighted by molar-refractivity contribution is 6.14. The highest BCUT2D eigenvalue weighted by Gasteiger charge is 2.45. The van der Waals surface area contributed by atoms with Gasteiger partial charge in [0.1, 0.15) is 11.2 Å². The molecule has 0 bridgehead atoms. The third-order valence-electron chi connectivity index (χ3n) is 13.8. The Labute approximate surface area is 373 Å². The minimum atomic E-state index is 0.0747. The van der Waals surface area contributed by atoms with Crippen molar-refractivity contribution in [3.8, 4) is 27.9 Å². The van der Waals surface area contributed by atoms with Gasteiger partial charge in [-0.1, -0.05) is 153 Å². The molecule has 2 aliphatic carbocycles. The molecule has 4 heteroatoms. The fourth-order valence-electron chi connectivity index (χ4n) is 10.8. The fourth-order valence-corrected chi connectivity index (χ4v) is 10.8. The van der Waals surface area contributed by atoms with Crippen molar-refractivity contribution < 1.29 is 4.42 Å². The highest BCUT2D eigenvalue weighted by Crippen LogP contribution is 2.58. The number of hydrogen-bond donors (Lipinski definition) is 0. The standard InChI is InChI=1S/C60H47N3O/c1-3-17-54(43-28-30-48-51-35-42(41-20-8-5-9-21-41)29-31-57(51)64-58(48)36-43)62-59(61-39(2)40-18-6-4-7-19-40)44-22-16-23-45(34-44)63-55-27-13-11-25-47(55)50-37-49-46-24-10-12-26-52(46)60(32-14-15-33-60)53(49)38-56(50)63/h4-13,16-31,34-38H,3,14-15,32-33H2,1-2H3/b54-17-,61-39?,62-59?. The normalized spacial score (nSPS) is 14.9. The maximum Gasteiger partial charge on any atom is 0.160 e. The van der Waals surface area contributed by atoms with Crippen LogP contribution in [0.1, 0.15) is 73.8 Å². The molecule has 0 atom stereocenters. The molecular weight excluding hydrogens is 779 g/mol. The predicted octanol–water partition coefficient (Wildman–Crippen LogP) is 15.9. The van der Waals surface area contributed by atoms with Crippen LogP contribution in [0.5, 0.6) is 0 Å². The zero-order valence-electron chi connectivity index (χ0n) is 36.2. The first-order chi connectivity index (χ1) is 31.6. The summed E-state index contributed by atoms with van der Waals surface area (Å²) in [5.74, 6) is 0.655. The van der Waals surface area contributed by atoms with Crippen molar-refractivity contribution in [2.24, 2.45) is 9.98 Å². The van der Waals surface area contributed by atoms with E-state index in [4.69, 9.17) is 14.4 Å². The van der Waals surface area contributed by atoms with E-state index in [9.17, 15) is 0 Å². The number of aromatic nitrogens is 1. The summed E-state index contributed by atoms with van der Waals surface area (Å²) >= 11 is 0. The molecule has 0 aliphatic heterocycles. The van der Waals surface area contributed by atoms with Crippen LogP contribution >= 0.6 is 0 Å². The Morgan fingerprint density at radius 1 is 0.547 bits per heavy atom. The molecule has 8 aromatic carbocycles. The summed E-state index contributed by atoms with van der Waals surface area (Å²) in [6, 6.07) is 65.7. The van der Waals surface area contributed by atoms with Gasteiger partial charge in [-0.25, -0.2) is 9.98 Å². The number of furan rings is 1. The maximum atomic E-state index is 6.52. The van der Waals surface area contributed by atoms with Crippen LogP contribution in [0.2, 0.25) is 0 Å². The fraction of sp³-hybridized carbons (Fsp3) is 0.133. The number of amidine groups is 1. The van der Waals surface area contributed by atoms with Crippen LogP contribution in [0.4, 0.5) is 0 Å². The molecule has 0 radical (unpaired) electrons. The SMILES string of the molecule is CC/C=C(\N=C(N=C(C)c1ccccc1)c1cccc(-n2c3ccccc3c3cc4c(cc32)C2(CCCC2)c2ccccc2-4)c1)c1ccc2c(c1)oc1ccc(-c3ccccc3)cc12. The van der Waals surface area contributed by atoms with E-state index in [0.717, 1.165) is 62.1 Å². The lowest BCUT2D eigenvalue weighted by atomic mass is 9.76. The Kier molecular flexibility index (Phi) is 9.15. The summed E-state index contributed by atoms with van der Waals surface area (Å²) in [6.07, 6.45) is 7.92. The second-order valence-corrected chi connectivity index (χ2v) is 17.5. The largest absolute Gasteiger partial charge is 0.456 e. The van der Waals surface area contributed by atoms with Gasteiger partial charge in [-0.2, -0.15) is 0 Å². The third-order valence-corrected chi connectivity index (χ3v) is 13.8. The molecule has 12 rings (SSSR count). The lowest BCUT2D eigenvalue weighted by Gasteiger charge is -2.26. The minimum absolute atomic E-state index is 0.0747. The number of hydrogen-bond acceptors (Lipinski definition) is 2. The van der Waals surface area contributed by atoms with Crippen molar-refractivity contribution in [2.45, 2.75) is 51.4 Å². The van der Waals surface area contributed by atoms with Gasteiger partial charge in [0.15, 0.2) is 5.84 Å². The van der Waals surface area contributed by atoms with Crippen molar-refractivity contribution >= 4 is 61.0 Å². The number of rotatable bonds is 7. The summed E-state index contributed by atoms with van der Waals surface area (Å²) in [5.41, 5.74) is 18.2. The molecule has 4 nitrogen and oxygen atoms in total. The molecule has 1 saturated carbocycles. The lowest BCUT2D eigenvalue weighted by Crippen LogP contribution is -2.20. The Morgan fingerprint density at radius 3 is 2.16 bits per heavy atom. The van der Waals surface area contributed by atoms with Crippen LogP contribution in [0.25, 0.3) is 77.4 Å². The van der Waals surface area contributed by atoms with Crippen LogP contribution in [-0.2, 0) is 5.41 Å². The first-order valence-electron chi connectivity index (χ1n) is 22.8. The molecule has 2 aromatic heterocycles. The van der Waals surface area contributed by atoms with E-state index in [-0.39, 0.29) is 5.41 Å². The van der Waals surface area contributed by atoms with E-state index in [1.807, 2.05) is 6.07 Å². The second-order valence-electron chi connectivity index (χ2n) is 17.5. The molecule has 308 valence electrons. The Morgan fingerprint density at radius 2 is 1.31 bits per heavy atom. The Hall–Kier alpha value is -7.56. The van der Waals surface area contributed by atoms with E-state index in [1.54, 1.807) is 0 Å². The minimum Gasteiger partial charge on any atom is -0.456 e. The van der Waals surface area contributed by atoms with Gasteiger partial charge < -0.3 is 8.98 Å². The van der Waals surface area contributed by atoms with Gasteiger partial charge in [0.25, 0.3) is 0 Å². The van der Waals surface area contributed by atoms with E-state index in [2.05, 4.69) is 200 Å². The topological polar surface area (TPSA) is 42.8 Å². The van der Waals surface area contributed by atoms with Crippen LogP contribution in [-0.4, -0.2) is 16.1 Å². The quantitative estimate of drug-likeness (QED) is 0.117. The van der Waals surface area contributed by atoms with Gasteiger partial charge in [0.2, 0.25) is 0 Å². The first kappa shape index (κ1) is 38.1. The number of nitrogens with zero attached hydrogens (tertiary/aromatic N) is 3. The number of benzene rings is 8. The summed E-state index contributed by atoms with van der Waals surface area (Å²) in [7, 11) is 0. The number of fused-ring (bicyclic) bond motifs is 11. The van der Waals surface area contributed by atoms with Crippen LogP contribution in [0.3, 0.4) is 0 Å². The van der Waals surface area contributed by atoms with Crippen molar-refractivity contribution in [2.75, 3.05) is 0 Å². The smallest absolute Gasteiger partial charge is 0.160 e. The van der Waals surface area contributed by atoms with Gasteiger partial charge in [0.05, 0.1) is 16.7 Å². The van der Waals surface area contributed by atoms with Gasteiger partial charge in [0, 0.05) is 49.5 Å². The molecule has 2 aliphatic rings. The molecule has 2 heterocycles. The number of para-hydroxylation sites is 1. The van der Waals surface area contributed by atoms with Gasteiger partial charge >= 0.3 is 0 Å². The summed E-state index contributed by atoms with van der Waals surface area (Å²) < 4.78 is 8.99. The maximum absolute atomic E-state index is 6.52. The Balaban J connectivity index is 1.01. The molecule has 1 spiro atoms. The second kappa shape index (κ2) is 15.4. The molecule has 64 heavy (non-hydrogen) atoms. The summed E-state index contributed by atoms with van der Waals surface area (Å²) in [6.45, 7) is 4.23. The van der Waals surface area contributed by atoms with Crippen LogP contribution in [0.15, 0.2) is 202 Å². The van der Waals surface area contributed by atoms with E-state index < -0.39 is 0 Å². The average molecular weight is 826 g/mol. The number of allylic oxidation sites excluding steroid dienone is 1. The van der Waals surface area contributed by atoms with Gasteiger partial charge in [-0.05, 0) is 120 Å². The molecule has 10 aromatic rings. The van der Waals surface area contributed by atoms with Gasteiger partial charge in [-0.3, -0.25) is 0 Å². The zero-order chi connectivity index (χ0) is 42.8. The van der Waals surface area contributed by atoms with Crippen LogP contribution < -0.4 is 0 Å². The molecule has 0 amide bonds. The van der Waals surface area contributed by atoms with E-state index in [1.165, 1.54) is 80.9 Å². The van der Waals surface area contributed by atoms with E-state index in [0.29, 0.717) is 5.84 Å². The van der Waals surface area contributed by atoms with Crippen LogP contribution in [0, 0.1) is 0 Å². The monoisotopic (exact) mass is 825 g/mol. The molecule has 0 N–H and O–H groups in total. The first-order valence-corrected chi connectivity index (χ1v) is 22.8. The third kappa shape index (κ3) is 6.19. The van der Waals surface area contributed by atoms with Crippen molar-refractivity contribution in [1.29, 1.82) is 0 Å². The molecule has 0 saturated heterocycles.